The molecule has 0 fully saturated rings. The van der Waals surface area contributed by atoms with E-state index in [-0.39, 0.29) is 11.9 Å². The van der Waals surface area contributed by atoms with Gasteiger partial charge in [-0.25, -0.2) is 9.97 Å². The highest BCUT2D eigenvalue weighted by molar-refractivity contribution is 7.99. The van der Waals surface area contributed by atoms with Gasteiger partial charge in [-0.1, -0.05) is 36.0 Å². The molecule has 0 saturated heterocycles. The van der Waals surface area contributed by atoms with Crippen molar-refractivity contribution in [1.82, 2.24) is 24.8 Å². The Labute approximate surface area is 161 Å². The summed E-state index contributed by atoms with van der Waals surface area (Å²) in [5.74, 6) is 1.03. The molecule has 1 atom stereocenters. The quantitative estimate of drug-likeness (QED) is 0.498. The minimum absolute atomic E-state index is 0.0392. The van der Waals surface area contributed by atoms with Gasteiger partial charge in [0.25, 0.3) is 0 Å². The predicted molar refractivity (Wildman–Crippen MR) is 109 cm³/mol. The summed E-state index contributed by atoms with van der Waals surface area (Å²) in [7, 11) is 0. The summed E-state index contributed by atoms with van der Waals surface area (Å²) in [4.78, 5) is 24.9. The van der Waals surface area contributed by atoms with Crippen molar-refractivity contribution in [3.63, 3.8) is 0 Å². The molecule has 0 saturated carbocycles. The molecule has 0 radical (unpaired) electrons. The Hall–Kier alpha value is -2.80. The molecule has 0 aliphatic rings. The molecule has 0 spiro atoms. The van der Waals surface area contributed by atoms with Crippen LogP contribution < -0.4 is 5.32 Å². The van der Waals surface area contributed by atoms with E-state index < -0.39 is 0 Å². The number of fused-ring (bicyclic) bond motifs is 2. The molecule has 1 unspecified atom stereocenters. The lowest BCUT2D eigenvalue weighted by Gasteiger charge is -2.11. The molecule has 2 heterocycles. The van der Waals surface area contributed by atoms with Gasteiger partial charge < -0.3 is 14.9 Å². The molecule has 1 amide bonds. The van der Waals surface area contributed by atoms with Gasteiger partial charge in [-0.15, -0.1) is 0 Å². The second kappa shape index (κ2) is 7.44. The largest absolute Gasteiger partial charge is 0.346 e. The number of hydrogen-bond donors (Lipinski definition) is 2. The molecular formula is C20H21N5OS. The standard InChI is InChI=1S/C20H21N5OS/c1-3-25-17-11-7-6-10-16(17)24-20(25)27-12-18(26)21-13(2)19-22-14-8-4-5-9-15(14)23-19/h4-11,13H,3,12H2,1-2H3,(H,21,26)(H,22,23). The van der Waals surface area contributed by atoms with Gasteiger partial charge in [0.2, 0.25) is 5.91 Å². The first-order chi connectivity index (χ1) is 13.2. The van der Waals surface area contributed by atoms with Crippen LogP contribution in [-0.4, -0.2) is 31.2 Å². The Bertz CT molecular complexity index is 1070. The van der Waals surface area contributed by atoms with E-state index in [1.807, 2.05) is 49.4 Å². The molecule has 0 aliphatic heterocycles. The average Bonchev–Trinajstić information content (AvgIpc) is 3.27. The van der Waals surface area contributed by atoms with Crippen LogP contribution in [0.15, 0.2) is 53.7 Å². The molecular weight excluding hydrogens is 358 g/mol. The van der Waals surface area contributed by atoms with E-state index in [2.05, 4.69) is 37.8 Å². The van der Waals surface area contributed by atoms with Gasteiger partial charge in [0.1, 0.15) is 5.82 Å². The zero-order valence-corrected chi connectivity index (χ0v) is 16.1. The van der Waals surface area contributed by atoms with Gasteiger partial charge in [-0.2, -0.15) is 0 Å². The van der Waals surface area contributed by atoms with E-state index in [1.54, 1.807) is 0 Å². The average molecular weight is 379 g/mol. The van der Waals surface area contributed by atoms with Crippen molar-refractivity contribution in [2.75, 3.05) is 5.75 Å². The van der Waals surface area contributed by atoms with Crippen LogP contribution in [0, 0.1) is 0 Å². The minimum Gasteiger partial charge on any atom is -0.346 e. The van der Waals surface area contributed by atoms with E-state index in [4.69, 9.17) is 0 Å². The smallest absolute Gasteiger partial charge is 0.231 e. The molecule has 4 rings (SSSR count). The fourth-order valence-corrected chi connectivity index (χ4v) is 4.02. The molecule has 2 aromatic carbocycles. The van der Waals surface area contributed by atoms with Gasteiger partial charge in [-0.05, 0) is 38.1 Å². The first kappa shape index (κ1) is 17.6. The van der Waals surface area contributed by atoms with Crippen LogP contribution in [-0.2, 0) is 11.3 Å². The Kier molecular flexibility index (Phi) is 4.85. The van der Waals surface area contributed by atoms with Gasteiger partial charge in [0, 0.05) is 6.54 Å². The number of hydrogen-bond acceptors (Lipinski definition) is 4. The maximum atomic E-state index is 12.4. The lowest BCUT2D eigenvalue weighted by atomic mass is 10.3. The summed E-state index contributed by atoms with van der Waals surface area (Å²) in [6.45, 7) is 4.84. The van der Waals surface area contributed by atoms with Crippen molar-refractivity contribution in [2.24, 2.45) is 0 Å². The second-order valence-electron chi connectivity index (χ2n) is 6.34. The highest BCUT2D eigenvalue weighted by Gasteiger charge is 2.16. The monoisotopic (exact) mass is 379 g/mol. The van der Waals surface area contributed by atoms with Crippen molar-refractivity contribution in [2.45, 2.75) is 31.6 Å². The number of aromatic amines is 1. The topological polar surface area (TPSA) is 75.6 Å². The number of carbonyl (C=O) groups is 1. The molecule has 138 valence electrons. The normalized spacial score (nSPS) is 12.5. The van der Waals surface area contributed by atoms with Crippen molar-refractivity contribution in [3.05, 3.63) is 54.4 Å². The number of aryl methyl sites for hydroxylation is 1. The Balaban J connectivity index is 1.42. The zero-order chi connectivity index (χ0) is 18.8. The van der Waals surface area contributed by atoms with E-state index in [0.717, 1.165) is 39.6 Å². The van der Waals surface area contributed by atoms with Crippen LogP contribution in [0.2, 0.25) is 0 Å². The molecule has 7 heteroatoms. The number of amides is 1. The molecule has 4 aromatic rings. The van der Waals surface area contributed by atoms with Gasteiger partial charge in [0.05, 0.1) is 33.9 Å². The fourth-order valence-electron chi connectivity index (χ4n) is 3.13. The lowest BCUT2D eigenvalue weighted by Crippen LogP contribution is -2.29. The highest BCUT2D eigenvalue weighted by atomic mass is 32.2. The Morgan fingerprint density at radius 3 is 2.67 bits per heavy atom. The number of rotatable bonds is 6. The van der Waals surface area contributed by atoms with Crippen molar-refractivity contribution in [3.8, 4) is 0 Å². The van der Waals surface area contributed by atoms with Crippen LogP contribution in [0.3, 0.4) is 0 Å². The highest BCUT2D eigenvalue weighted by Crippen LogP contribution is 2.24. The van der Waals surface area contributed by atoms with Gasteiger partial charge in [-0.3, -0.25) is 4.79 Å². The number of nitrogens with zero attached hydrogens (tertiary/aromatic N) is 3. The van der Waals surface area contributed by atoms with Gasteiger partial charge >= 0.3 is 0 Å². The van der Waals surface area contributed by atoms with E-state index in [1.165, 1.54) is 11.8 Å². The molecule has 27 heavy (non-hydrogen) atoms. The predicted octanol–water partition coefficient (Wildman–Crippen LogP) is 3.90. The van der Waals surface area contributed by atoms with E-state index >= 15 is 0 Å². The van der Waals surface area contributed by atoms with Crippen LogP contribution in [0.4, 0.5) is 0 Å². The van der Waals surface area contributed by atoms with E-state index in [9.17, 15) is 4.79 Å². The maximum Gasteiger partial charge on any atom is 0.231 e. The molecule has 0 bridgehead atoms. The van der Waals surface area contributed by atoms with Gasteiger partial charge in [0.15, 0.2) is 5.16 Å². The minimum atomic E-state index is -0.185. The number of benzene rings is 2. The number of aromatic nitrogens is 4. The summed E-state index contributed by atoms with van der Waals surface area (Å²) >= 11 is 1.46. The van der Waals surface area contributed by atoms with Crippen LogP contribution in [0.1, 0.15) is 25.7 Å². The third-order valence-corrected chi connectivity index (χ3v) is 5.44. The SMILES string of the molecule is CCn1c(SCC(=O)NC(C)c2nc3ccccc3[nH]2)nc2ccccc21. The first-order valence-electron chi connectivity index (χ1n) is 8.97. The summed E-state index contributed by atoms with van der Waals surface area (Å²) < 4.78 is 2.13. The number of thioether (sulfide) groups is 1. The molecule has 2 aromatic heterocycles. The fraction of sp³-hybridized carbons (Fsp3) is 0.250. The Morgan fingerprint density at radius 1 is 1.15 bits per heavy atom. The maximum absolute atomic E-state index is 12.4. The summed E-state index contributed by atoms with van der Waals surface area (Å²) in [5.41, 5.74) is 3.93. The van der Waals surface area contributed by atoms with Crippen LogP contribution in [0.5, 0.6) is 0 Å². The summed E-state index contributed by atoms with van der Waals surface area (Å²) in [5, 5.41) is 3.87. The zero-order valence-electron chi connectivity index (χ0n) is 15.3. The number of H-pyrrole nitrogens is 1. The number of nitrogens with one attached hydrogen (secondary N) is 2. The van der Waals surface area contributed by atoms with Crippen molar-refractivity contribution in [1.29, 1.82) is 0 Å². The number of para-hydroxylation sites is 4. The second-order valence-corrected chi connectivity index (χ2v) is 7.29. The van der Waals surface area contributed by atoms with Crippen molar-refractivity contribution < 1.29 is 4.79 Å². The third-order valence-electron chi connectivity index (χ3n) is 4.46. The Morgan fingerprint density at radius 2 is 1.89 bits per heavy atom. The number of imidazole rings is 2. The first-order valence-corrected chi connectivity index (χ1v) is 9.96. The third kappa shape index (κ3) is 3.55. The van der Waals surface area contributed by atoms with Crippen LogP contribution >= 0.6 is 11.8 Å². The molecule has 6 nitrogen and oxygen atoms in total. The lowest BCUT2D eigenvalue weighted by molar-refractivity contribution is -0.119. The van der Waals surface area contributed by atoms with E-state index in [0.29, 0.717) is 5.75 Å². The van der Waals surface area contributed by atoms with Crippen LogP contribution in [0.25, 0.3) is 22.1 Å². The van der Waals surface area contributed by atoms with Crippen molar-refractivity contribution >= 4 is 39.7 Å². The molecule has 2 N–H and O–H groups in total. The molecule has 0 aliphatic carbocycles. The summed E-state index contributed by atoms with van der Waals surface area (Å²) in [6.07, 6.45) is 0. The number of carbonyl (C=O) groups excluding carboxylic acids is 1. The summed E-state index contributed by atoms with van der Waals surface area (Å²) in [6, 6.07) is 15.7.